The first-order chi connectivity index (χ1) is 13.6. The molecule has 0 heterocycles. The Bertz CT molecular complexity index is 944. The molecule has 5 heteroatoms. The van der Waals surface area contributed by atoms with Crippen molar-refractivity contribution in [2.45, 2.75) is 19.5 Å². The molecule has 0 fully saturated rings. The number of methoxy groups -OCH3 is 1. The minimum Gasteiger partial charge on any atom is -0.495 e. The number of ether oxygens (including phenoxy) is 1. The van der Waals surface area contributed by atoms with Crippen LogP contribution in [0.2, 0.25) is 5.02 Å². The first-order valence-corrected chi connectivity index (χ1v) is 9.43. The number of halogens is 1. The average Bonchev–Trinajstić information content (AvgIpc) is 2.70. The Kier molecular flexibility index (Phi) is 6.69. The second-order valence-electron chi connectivity index (χ2n) is 6.49. The summed E-state index contributed by atoms with van der Waals surface area (Å²) < 4.78 is 5.16. The molecule has 1 unspecified atom stereocenters. The molecule has 0 aliphatic rings. The van der Waals surface area contributed by atoms with Gasteiger partial charge in [-0.05, 0) is 41.8 Å². The van der Waals surface area contributed by atoms with E-state index in [9.17, 15) is 4.79 Å². The molecule has 0 aliphatic heterocycles. The van der Waals surface area contributed by atoms with E-state index in [0.717, 1.165) is 11.1 Å². The third-order valence-corrected chi connectivity index (χ3v) is 4.87. The Balaban J connectivity index is 1.79. The highest BCUT2D eigenvalue weighted by Gasteiger charge is 2.20. The van der Waals surface area contributed by atoms with E-state index < -0.39 is 6.04 Å². The predicted molar refractivity (Wildman–Crippen MR) is 114 cm³/mol. The summed E-state index contributed by atoms with van der Waals surface area (Å²) in [7, 11) is 1.56. The maximum atomic E-state index is 13.0. The number of anilines is 1. The summed E-state index contributed by atoms with van der Waals surface area (Å²) in [6, 6.07) is 22.5. The molecule has 1 amide bonds. The number of hydrogen-bond acceptors (Lipinski definition) is 3. The van der Waals surface area contributed by atoms with Crippen LogP contribution in [0.1, 0.15) is 22.7 Å². The topological polar surface area (TPSA) is 50.4 Å². The molecule has 3 rings (SSSR count). The van der Waals surface area contributed by atoms with Crippen molar-refractivity contribution < 1.29 is 9.53 Å². The van der Waals surface area contributed by atoms with Gasteiger partial charge in [-0.25, -0.2) is 0 Å². The van der Waals surface area contributed by atoms with E-state index >= 15 is 0 Å². The van der Waals surface area contributed by atoms with E-state index in [2.05, 4.69) is 29.7 Å². The van der Waals surface area contributed by atoms with Crippen molar-refractivity contribution in [2.75, 3.05) is 12.4 Å². The molecule has 0 aromatic heterocycles. The summed E-state index contributed by atoms with van der Waals surface area (Å²) in [4.78, 5) is 13.0. The number of rotatable bonds is 7. The quantitative estimate of drug-likeness (QED) is 0.584. The zero-order valence-electron chi connectivity index (χ0n) is 15.9. The zero-order valence-corrected chi connectivity index (χ0v) is 16.7. The Hall–Kier alpha value is -2.82. The van der Waals surface area contributed by atoms with Crippen molar-refractivity contribution in [1.29, 1.82) is 0 Å². The summed E-state index contributed by atoms with van der Waals surface area (Å²) >= 11 is 6.18. The van der Waals surface area contributed by atoms with Crippen molar-refractivity contribution in [3.8, 4) is 5.75 Å². The summed E-state index contributed by atoms with van der Waals surface area (Å²) in [6.45, 7) is 2.65. The molecule has 28 heavy (non-hydrogen) atoms. The second kappa shape index (κ2) is 9.40. The largest absolute Gasteiger partial charge is 0.495 e. The molecule has 4 nitrogen and oxygen atoms in total. The van der Waals surface area contributed by atoms with Gasteiger partial charge in [0, 0.05) is 12.2 Å². The Morgan fingerprint density at radius 3 is 2.43 bits per heavy atom. The van der Waals surface area contributed by atoms with Crippen LogP contribution in [0, 0.1) is 6.92 Å². The van der Waals surface area contributed by atoms with Crippen LogP contribution in [-0.2, 0) is 11.3 Å². The maximum Gasteiger partial charge on any atom is 0.246 e. The number of hydrogen-bond donors (Lipinski definition) is 2. The maximum absolute atomic E-state index is 13.0. The van der Waals surface area contributed by atoms with E-state index in [1.165, 1.54) is 5.56 Å². The monoisotopic (exact) mass is 394 g/mol. The molecule has 0 saturated heterocycles. The van der Waals surface area contributed by atoms with E-state index in [1.807, 2.05) is 42.5 Å². The second-order valence-corrected chi connectivity index (χ2v) is 6.90. The van der Waals surface area contributed by atoms with Gasteiger partial charge in [-0.1, -0.05) is 66.2 Å². The first-order valence-electron chi connectivity index (χ1n) is 9.05. The lowest BCUT2D eigenvalue weighted by Gasteiger charge is -2.20. The molecule has 0 aliphatic carbocycles. The zero-order chi connectivity index (χ0) is 19.9. The first kappa shape index (κ1) is 19.9. The van der Waals surface area contributed by atoms with Crippen LogP contribution in [-0.4, -0.2) is 13.0 Å². The van der Waals surface area contributed by atoms with Crippen LogP contribution in [0.25, 0.3) is 0 Å². The summed E-state index contributed by atoms with van der Waals surface area (Å²) in [6.07, 6.45) is 0. The van der Waals surface area contributed by atoms with Crippen LogP contribution < -0.4 is 15.4 Å². The molecule has 1 atom stereocenters. The fourth-order valence-electron chi connectivity index (χ4n) is 2.99. The average molecular weight is 395 g/mol. The van der Waals surface area contributed by atoms with Crippen molar-refractivity contribution in [2.24, 2.45) is 0 Å². The number of carbonyl (C=O) groups is 1. The molecule has 3 aromatic carbocycles. The lowest BCUT2D eigenvalue weighted by molar-refractivity contribution is -0.118. The molecule has 0 spiro atoms. The van der Waals surface area contributed by atoms with Crippen LogP contribution in [0.3, 0.4) is 0 Å². The van der Waals surface area contributed by atoms with Crippen molar-refractivity contribution in [3.63, 3.8) is 0 Å². The molecule has 0 radical (unpaired) electrons. The van der Waals surface area contributed by atoms with Gasteiger partial charge < -0.3 is 10.1 Å². The summed E-state index contributed by atoms with van der Waals surface area (Å²) in [5.74, 6) is 0.415. The predicted octanol–water partition coefficient (Wildman–Crippen LogP) is 5.13. The van der Waals surface area contributed by atoms with Crippen molar-refractivity contribution >= 4 is 23.2 Å². The van der Waals surface area contributed by atoms with E-state index in [-0.39, 0.29) is 5.91 Å². The van der Waals surface area contributed by atoms with Crippen molar-refractivity contribution in [3.05, 3.63) is 94.5 Å². The Morgan fingerprint density at radius 1 is 1.04 bits per heavy atom. The fraction of sp³-hybridized carbons (Fsp3) is 0.174. The summed E-state index contributed by atoms with van der Waals surface area (Å²) in [5, 5.41) is 6.77. The standard InChI is InChI=1S/C23H23ClN2O2/c1-16-8-6-7-11-18(16)15-25-22(17-9-4-3-5-10-17)23(27)26-19-12-13-21(28-2)20(24)14-19/h3-14,22,25H,15H2,1-2H3,(H,26,27). The van der Waals surface area contributed by atoms with E-state index in [4.69, 9.17) is 16.3 Å². The van der Waals surface area contributed by atoms with Crippen LogP contribution >= 0.6 is 11.6 Å². The van der Waals surface area contributed by atoms with Gasteiger partial charge in [0.25, 0.3) is 0 Å². The highest BCUT2D eigenvalue weighted by atomic mass is 35.5. The van der Waals surface area contributed by atoms with E-state index in [1.54, 1.807) is 25.3 Å². The van der Waals surface area contributed by atoms with Gasteiger partial charge in [-0.2, -0.15) is 0 Å². The SMILES string of the molecule is COc1ccc(NC(=O)C(NCc2ccccc2C)c2ccccc2)cc1Cl. The number of amides is 1. The highest BCUT2D eigenvalue weighted by molar-refractivity contribution is 6.32. The smallest absolute Gasteiger partial charge is 0.246 e. The third kappa shape index (κ3) is 4.91. The molecule has 2 N–H and O–H groups in total. The molecular weight excluding hydrogens is 372 g/mol. The highest BCUT2D eigenvalue weighted by Crippen LogP contribution is 2.28. The Labute approximate surface area is 170 Å². The normalized spacial score (nSPS) is 11.7. The van der Waals surface area contributed by atoms with Gasteiger partial charge >= 0.3 is 0 Å². The number of aryl methyl sites for hydroxylation is 1. The third-order valence-electron chi connectivity index (χ3n) is 4.57. The molecular formula is C23H23ClN2O2. The van der Waals surface area contributed by atoms with Gasteiger partial charge in [0.05, 0.1) is 12.1 Å². The lowest BCUT2D eigenvalue weighted by Crippen LogP contribution is -2.33. The van der Waals surface area contributed by atoms with Gasteiger partial charge in [0.1, 0.15) is 11.8 Å². The minimum atomic E-state index is -0.498. The van der Waals surface area contributed by atoms with Crippen LogP contribution in [0.4, 0.5) is 5.69 Å². The molecule has 144 valence electrons. The van der Waals surface area contributed by atoms with Gasteiger partial charge in [-0.3, -0.25) is 10.1 Å². The number of benzene rings is 3. The number of nitrogens with one attached hydrogen (secondary N) is 2. The lowest BCUT2D eigenvalue weighted by atomic mass is 10.0. The molecule has 3 aromatic rings. The fourth-order valence-corrected chi connectivity index (χ4v) is 3.24. The minimum absolute atomic E-state index is 0.152. The van der Waals surface area contributed by atoms with Gasteiger partial charge in [0.2, 0.25) is 5.91 Å². The van der Waals surface area contributed by atoms with Crippen LogP contribution in [0.15, 0.2) is 72.8 Å². The van der Waals surface area contributed by atoms with E-state index in [0.29, 0.717) is 23.0 Å². The van der Waals surface area contributed by atoms with Gasteiger partial charge in [0.15, 0.2) is 0 Å². The van der Waals surface area contributed by atoms with Crippen molar-refractivity contribution in [1.82, 2.24) is 5.32 Å². The summed E-state index contributed by atoms with van der Waals surface area (Å²) in [5.41, 5.74) is 3.86. The Morgan fingerprint density at radius 2 is 1.75 bits per heavy atom. The molecule has 0 bridgehead atoms. The molecule has 0 saturated carbocycles. The number of carbonyl (C=O) groups excluding carboxylic acids is 1. The van der Waals surface area contributed by atoms with Gasteiger partial charge in [-0.15, -0.1) is 0 Å². The van der Waals surface area contributed by atoms with Crippen LogP contribution in [0.5, 0.6) is 5.75 Å².